The summed E-state index contributed by atoms with van der Waals surface area (Å²) in [6.07, 6.45) is 2.16. The average molecular weight is 367 g/mol. The summed E-state index contributed by atoms with van der Waals surface area (Å²) in [5.74, 6) is -0.482. The minimum Gasteiger partial charge on any atom is -0.278 e. The molecule has 0 bridgehead atoms. The van der Waals surface area contributed by atoms with Gasteiger partial charge in [0.15, 0.2) is 0 Å². The molecule has 1 aromatic carbocycles. The fourth-order valence-electron chi connectivity index (χ4n) is 1.22. The third kappa shape index (κ3) is 3.40. The molecule has 0 atom stereocenters. The zero-order chi connectivity index (χ0) is 14.0. The number of halogens is 3. The van der Waals surface area contributed by atoms with Crippen molar-refractivity contribution < 1.29 is 12.8 Å². The Morgan fingerprint density at radius 3 is 2.47 bits per heavy atom. The monoisotopic (exact) mass is 365 g/mol. The maximum absolute atomic E-state index is 12.9. The second kappa shape index (κ2) is 5.40. The van der Waals surface area contributed by atoms with Crippen LogP contribution in [0.4, 0.5) is 10.1 Å². The predicted molar refractivity (Wildman–Crippen MR) is 72.0 cm³/mol. The van der Waals surface area contributed by atoms with Gasteiger partial charge in [0.05, 0.1) is 18.1 Å². The summed E-state index contributed by atoms with van der Waals surface area (Å²) in [6, 6.07) is 3.59. The van der Waals surface area contributed by atoms with Gasteiger partial charge >= 0.3 is 0 Å². The van der Waals surface area contributed by atoms with Crippen LogP contribution in [0, 0.1) is 5.82 Å². The second-order valence-electron chi connectivity index (χ2n) is 3.42. The summed E-state index contributed by atoms with van der Waals surface area (Å²) in [7, 11) is -3.85. The van der Waals surface area contributed by atoms with Gasteiger partial charge in [-0.1, -0.05) is 0 Å². The smallest absolute Gasteiger partial charge is 0.265 e. The van der Waals surface area contributed by atoms with E-state index in [-0.39, 0.29) is 20.3 Å². The number of sulfonamides is 1. The second-order valence-corrected chi connectivity index (χ2v) is 6.29. The molecule has 0 aliphatic heterocycles. The Morgan fingerprint density at radius 1 is 1.26 bits per heavy atom. The third-order valence-electron chi connectivity index (χ3n) is 2.08. The van der Waals surface area contributed by atoms with Crippen molar-refractivity contribution in [2.75, 3.05) is 4.72 Å². The van der Waals surface area contributed by atoms with Gasteiger partial charge in [0.2, 0.25) is 5.28 Å². The number of anilines is 1. The van der Waals surface area contributed by atoms with Crippen LogP contribution < -0.4 is 4.72 Å². The molecule has 0 radical (unpaired) electrons. The van der Waals surface area contributed by atoms with Gasteiger partial charge in [-0.15, -0.1) is 0 Å². The molecule has 9 heteroatoms. The fraction of sp³-hybridized carbons (Fsp3) is 0. The minimum atomic E-state index is -3.85. The van der Waals surface area contributed by atoms with Gasteiger partial charge in [0.25, 0.3) is 10.0 Å². The maximum atomic E-state index is 12.9. The lowest BCUT2D eigenvalue weighted by molar-refractivity contribution is 0.600. The summed E-state index contributed by atoms with van der Waals surface area (Å²) in [6.45, 7) is 0. The summed E-state index contributed by atoms with van der Waals surface area (Å²) in [4.78, 5) is 7.03. The molecular formula is C10H6BrClFN3O2S. The normalized spacial score (nSPS) is 11.3. The molecule has 0 saturated carbocycles. The first-order chi connectivity index (χ1) is 8.88. The van der Waals surface area contributed by atoms with Crippen LogP contribution in [0.3, 0.4) is 0 Å². The van der Waals surface area contributed by atoms with E-state index in [0.29, 0.717) is 0 Å². The highest BCUT2D eigenvalue weighted by Gasteiger charge is 2.16. The largest absolute Gasteiger partial charge is 0.278 e. The highest BCUT2D eigenvalue weighted by molar-refractivity contribution is 9.10. The number of hydrogen-bond acceptors (Lipinski definition) is 4. The van der Waals surface area contributed by atoms with Crippen LogP contribution in [0.15, 0.2) is 40.0 Å². The van der Waals surface area contributed by atoms with Gasteiger partial charge in [-0.3, -0.25) is 4.72 Å². The van der Waals surface area contributed by atoms with Crippen LogP contribution in [0.2, 0.25) is 5.28 Å². The molecule has 0 amide bonds. The molecule has 1 heterocycles. The highest BCUT2D eigenvalue weighted by atomic mass is 79.9. The summed E-state index contributed by atoms with van der Waals surface area (Å²) < 4.78 is 39.5. The summed E-state index contributed by atoms with van der Waals surface area (Å²) in [5, 5.41) is -0.0538. The van der Waals surface area contributed by atoms with Crippen molar-refractivity contribution in [3.05, 3.63) is 46.2 Å². The van der Waals surface area contributed by atoms with E-state index in [2.05, 4.69) is 30.6 Å². The highest BCUT2D eigenvalue weighted by Crippen LogP contribution is 2.25. The van der Waals surface area contributed by atoms with Crippen molar-refractivity contribution in [1.29, 1.82) is 0 Å². The van der Waals surface area contributed by atoms with E-state index >= 15 is 0 Å². The van der Waals surface area contributed by atoms with Crippen LogP contribution in [-0.4, -0.2) is 18.4 Å². The Labute approximate surface area is 122 Å². The first-order valence-electron chi connectivity index (χ1n) is 4.84. The third-order valence-corrected chi connectivity index (χ3v) is 4.25. The summed E-state index contributed by atoms with van der Waals surface area (Å²) >= 11 is 8.54. The zero-order valence-corrected chi connectivity index (χ0v) is 12.3. The Balaban J connectivity index is 2.33. The van der Waals surface area contributed by atoms with E-state index in [0.717, 1.165) is 24.5 Å². The van der Waals surface area contributed by atoms with Gasteiger partial charge in [-0.2, -0.15) is 0 Å². The Bertz CT molecular complexity index is 709. The van der Waals surface area contributed by atoms with Gasteiger partial charge in [0, 0.05) is 4.47 Å². The van der Waals surface area contributed by atoms with Gasteiger partial charge in [-0.05, 0) is 45.7 Å². The number of hydrogen-bond donors (Lipinski definition) is 1. The van der Waals surface area contributed by atoms with Gasteiger partial charge < -0.3 is 0 Å². The summed E-state index contributed by atoms with van der Waals surface area (Å²) in [5.41, 5.74) is 0.205. The lowest BCUT2D eigenvalue weighted by Crippen LogP contribution is -2.14. The molecule has 0 spiro atoms. The standard InChI is InChI=1S/C10H6BrClFN3O2S/c11-8-3-6(13)1-2-9(8)16-19(17,18)7-4-14-10(12)15-5-7/h1-5,16H. The van der Waals surface area contributed by atoms with Gasteiger partial charge in [-0.25, -0.2) is 22.8 Å². The van der Waals surface area contributed by atoms with Crippen LogP contribution in [0.1, 0.15) is 0 Å². The molecule has 19 heavy (non-hydrogen) atoms. The first kappa shape index (κ1) is 14.2. The van der Waals surface area contributed by atoms with Gasteiger partial charge in [0.1, 0.15) is 10.7 Å². The number of aromatic nitrogens is 2. The van der Waals surface area contributed by atoms with Crippen LogP contribution >= 0.6 is 27.5 Å². The topological polar surface area (TPSA) is 72.0 Å². The molecule has 0 fully saturated rings. The van der Waals surface area contributed by atoms with E-state index in [1.165, 1.54) is 6.07 Å². The van der Waals surface area contributed by atoms with Crippen LogP contribution in [0.25, 0.3) is 0 Å². The Hall–Kier alpha value is -1.25. The molecule has 0 saturated heterocycles. The van der Waals surface area contributed by atoms with E-state index in [9.17, 15) is 12.8 Å². The molecule has 0 aliphatic carbocycles. The van der Waals surface area contributed by atoms with Crippen LogP contribution in [0.5, 0.6) is 0 Å². The quantitative estimate of drug-likeness (QED) is 0.848. The first-order valence-corrected chi connectivity index (χ1v) is 7.49. The number of benzene rings is 1. The van der Waals surface area contributed by atoms with Crippen molar-refractivity contribution >= 4 is 43.2 Å². The molecule has 0 unspecified atom stereocenters. The molecule has 0 aliphatic rings. The predicted octanol–water partition coefficient (Wildman–Crippen LogP) is 2.83. The number of rotatable bonds is 3. The fourth-order valence-corrected chi connectivity index (χ4v) is 2.86. The van der Waals surface area contributed by atoms with Crippen molar-refractivity contribution in [3.8, 4) is 0 Å². The van der Waals surface area contributed by atoms with Crippen molar-refractivity contribution in [3.63, 3.8) is 0 Å². The van der Waals surface area contributed by atoms with E-state index in [1.54, 1.807) is 0 Å². The van der Waals surface area contributed by atoms with Crippen molar-refractivity contribution in [2.45, 2.75) is 4.90 Å². The lowest BCUT2D eigenvalue weighted by atomic mass is 10.3. The van der Waals surface area contributed by atoms with Crippen molar-refractivity contribution in [1.82, 2.24) is 9.97 Å². The maximum Gasteiger partial charge on any atom is 0.265 e. The van der Waals surface area contributed by atoms with E-state index in [4.69, 9.17) is 11.6 Å². The van der Waals surface area contributed by atoms with Crippen molar-refractivity contribution in [2.24, 2.45) is 0 Å². The molecule has 1 aromatic heterocycles. The zero-order valence-electron chi connectivity index (χ0n) is 9.14. The SMILES string of the molecule is O=S(=O)(Nc1ccc(F)cc1Br)c1cnc(Cl)nc1. The molecule has 100 valence electrons. The molecule has 2 aromatic rings. The molecule has 2 rings (SSSR count). The number of nitrogens with zero attached hydrogens (tertiary/aromatic N) is 2. The van der Waals surface area contributed by atoms with E-state index < -0.39 is 15.8 Å². The Morgan fingerprint density at radius 2 is 1.89 bits per heavy atom. The lowest BCUT2D eigenvalue weighted by Gasteiger charge is -2.09. The molecule has 5 nitrogen and oxygen atoms in total. The number of nitrogens with one attached hydrogen (secondary N) is 1. The van der Waals surface area contributed by atoms with E-state index in [1.807, 2.05) is 0 Å². The Kier molecular flexibility index (Phi) is 4.02. The average Bonchev–Trinajstić information content (AvgIpc) is 2.33. The van der Waals surface area contributed by atoms with Crippen LogP contribution in [-0.2, 0) is 10.0 Å². The molecule has 1 N–H and O–H groups in total. The minimum absolute atomic E-state index is 0.0538. The molecular weight excluding hydrogens is 361 g/mol.